The minimum atomic E-state index is -0.243. The summed E-state index contributed by atoms with van der Waals surface area (Å²) in [6.07, 6.45) is 0.588. The molecule has 0 heterocycles. The van der Waals surface area contributed by atoms with E-state index in [0.29, 0.717) is 44.1 Å². The molecule has 1 rings (SSSR count). The lowest BCUT2D eigenvalue weighted by atomic mass is 10.3. The Kier molecular flexibility index (Phi) is 7.85. The molecule has 0 aliphatic carbocycles. The van der Waals surface area contributed by atoms with E-state index in [1.807, 2.05) is 0 Å². The predicted molar refractivity (Wildman–Crippen MR) is 80.5 cm³/mol. The molecule has 7 nitrogen and oxygen atoms in total. The van der Waals surface area contributed by atoms with Crippen LogP contribution in [0.2, 0.25) is 0 Å². The number of urea groups is 1. The van der Waals surface area contributed by atoms with E-state index in [1.54, 1.807) is 43.4 Å². The SMILES string of the molecule is COCCN(CCOC)C(=O)Nc1cccc(NC=O)c1. The smallest absolute Gasteiger partial charge is 0.322 e. The van der Waals surface area contributed by atoms with Crippen molar-refractivity contribution in [2.45, 2.75) is 0 Å². The van der Waals surface area contributed by atoms with Gasteiger partial charge in [-0.2, -0.15) is 0 Å². The van der Waals surface area contributed by atoms with Gasteiger partial charge in [0.1, 0.15) is 0 Å². The van der Waals surface area contributed by atoms with Crippen LogP contribution in [0.3, 0.4) is 0 Å². The Hall–Kier alpha value is -2.12. The lowest BCUT2D eigenvalue weighted by Gasteiger charge is -2.22. The number of ether oxygens (including phenoxy) is 2. The van der Waals surface area contributed by atoms with Gasteiger partial charge in [-0.3, -0.25) is 4.79 Å². The van der Waals surface area contributed by atoms with Crippen molar-refractivity contribution in [3.05, 3.63) is 24.3 Å². The molecule has 3 amide bonds. The summed E-state index contributed by atoms with van der Waals surface area (Å²) in [6.45, 7) is 1.84. The van der Waals surface area contributed by atoms with Gasteiger partial charge in [0.15, 0.2) is 0 Å². The zero-order valence-corrected chi connectivity index (χ0v) is 12.3. The number of hydrogen-bond donors (Lipinski definition) is 2. The number of rotatable bonds is 9. The first-order chi connectivity index (χ1) is 10.2. The molecule has 0 unspecified atom stereocenters. The Morgan fingerprint density at radius 1 is 1.19 bits per heavy atom. The average Bonchev–Trinajstić information content (AvgIpc) is 2.48. The summed E-state index contributed by atoms with van der Waals surface area (Å²) in [4.78, 5) is 24.2. The predicted octanol–water partition coefficient (Wildman–Crippen LogP) is 1.38. The monoisotopic (exact) mass is 295 g/mol. The third kappa shape index (κ3) is 6.24. The number of nitrogens with one attached hydrogen (secondary N) is 2. The van der Waals surface area contributed by atoms with Crippen LogP contribution in [-0.4, -0.2) is 57.9 Å². The van der Waals surface area contributed by atoms with Gasteiger partial charge in [-0.15, -0.1) is 0 Å². The molecule has 116 valence electrons. The number of nitrogens with zero attached hydrogens (tertiary/aromatic N) is 1. The first kappa shape index (κ1) is 16.9. The normalized spacial score (nSPS) is 10.0. The van der Waals surface area contributed by atoms with E-state index in [0.717, 1.165) is 0 Å². The molecule has 0 bridgehead atoms. The highest BCUT2D eigenvalue weighted by Gasteiger charge is 2.13. The quantitative estimate of drug-likeness (QED) is 0.675. The van der Waals surface area contributed by atoms with Gasteiger partial charge in [0.2, 0.25) is 6.41 Å². The number of benzene rings is 1. The number of methoxy groups -OCH3 is 2. The Labute approximate surface area is 124 Å². The molecule has 0 saturated heterocycles. The highest BCUT2D eigenvalue weighted by atomic mass is 16.5. The van der Waals surface area contributed by atoms with Crippen molar-refractivity contribution >= 4 is 23.8 Å². The molecule has 1 aromatic carbocycles. The summed E-state index contributed by atoms with van der Waals surface area (Å²) in [6, 6.07) is 6.66. The van der Waals surface area contributed by atoms with Gasteiger partial charge in [0, 0.05) is 38.7 Å². The number of hydrogen-bond acceptors (Lipinski definition) is 4. The van der Waals surface area contributed by atoms with Crippen molar-refractivity contribution in [1.82, 2.24) is 4.90 Å². The molecular weight excluding hydrogens is 274 g/mol. The van der Waals surface area contributed by atoms with E-state index in [2.05, 4.69) is 10.6 Å². The van der Waals surface area contributed by atoms with Crippen molar-refractivity contribution in [1.29, 1.82) is 0 Å². The summed E-state index contributed by atoms with van der Waals surface area (Å²) in [5.41, 5.74) is 1.22. The van der Waals surface area contributed by atoms with Crippen molar-refractivity contribution in [2.24, 2.45) is 0 Å². The topological polar surface area (TPSA) is 79.9 Å². The standard InChI is InChI=1S/C14H21N3O4/c1-20-8-6-17(7-9-21-2)14(19)16-13-5-3-4-12(10-13)15-11-18/h3-5,10-11H,6-9H2,1-2H3,(H,15,18)(H,16,19). The number of carbonyl (C=O) groups excluding carboxylic acids is 2. The fourth-order valence-electron chi connectivity index (χ4n) is 1.68. The first-order valence-electron chi connectivity index (χ1n) is 6.55. The molecule has 7 heteroatoms. The van der Waals surface area contributed by atoms with Crippen LogP contribution in [0.15, 0.2) is 24.3 Å². The zero-order chi connectivity index (χ0) is 15.5. The van der Waals surface area contributed by atoms with Gasteiger partial charge < -0.3 is 25.0 Å². The maximum Gasteiger partial charge on any atom is 0.322 e. The molecule has 0 radical (unpaired) electrons. The molecule has 0 saturated carbocycles. The van der Waals surface area contributed by atoms with Gasteiger partial charge >= 0.3 is 6.03 Å². The van der Waals surface area contributed by atoms with Crippen molar-refractivity contribution in [3.8, 4) is 0 Å². The second-order valence-corrected chi connectivity index (χ2v) is 4.25. The third-order valence-corrected chi connectivity index (χ3v) is 2.76. The minimum absolute atomic E-state index is 0.243. The maximum absolute atomic E-state index is 12.2. The molecule has 2 N–H and O–H groups in total. The first-order valence-corrected chi connectivity index (χ1v) is 6.55. The zero-order valence-electron chi connectivity index (χ0n) is 12.3. The van der Waals surface area contributed by atoms with Gasteiger partial charge in [0.05, 0.1) is 13.2 Å². The Morgan fingerprint density at radius 2 is 1.81 bits per heavy atom. The highest BCUT2D eigenvalue weighted by molar-refractivity contribution is 5.90. The van der Waals surface area contributed by atoms with Crippen molar-refractivity contribution in [3.63, 3.8) is 0 Å². The molecule has 0 spiro atoms. The second-order valence-electron chi connectivity index (χ2n) is 4.25. The fraction of sp³-hybridized carbons (Fsp3) is 0.429. The fourth-order valence-corrected chi connectivity index (χ4v) is 1.68. The van der Waals surface area contributed by atoms with Gasteiger partial charge in [-0.25, -0.2) is 4.79 Å². The average molecular weight is 295 g/mol. The number of anilines is 2. The lowest BCUT2D eigenvalue weighted by Crippen LogP contribution is -2.39. The van der Waals surface area contributed by atoms with E-state index < -0.39 is 0 Å². The van der Waals surface area contributed by atoms with E-state index in [1.165, 1.54) is 0 Å². The summed E-state index contributed by atoms with van der Waals surface area (Å²) >= 11 is 0. The number of amides is 3. The van der Waals surface area contributed by atoms with Crippen molar-refractivity contribution in [2.75, 3.05) is 51.2 Å². The van der Waals surface area contributed by atoms with Crippen LogP contribution < -0.4 is 10.6 Å². The van der Waals surface area contributed by atoms with Crippen LogP contribution in [0, 0.1) is 0 Å². The molecule has 1 aromatic rings. The van der Waals surface area contributed by atoms with E-state index in [9.17, 15) is 9.59 Å². The lowest BCUT2D eigenvalue weighted by molar-refractivity contribution is -0.105. The van der Waals surface area contributed by atoms with Gasteiger partial charge in [-0.05, 0) is 18.2 Å². The van der Waals surface area contributed by atoms with E-state index in [4.69, 9.17) is 9.47 Å². The Morgan fingerprint density at radius 3 is 2.38 bits per heavy atom. The van der Waals surface area contributed by atoms with Crippen LogP contribution in [0.1, 0.15) is 0 Å². The van der Waals surface area contributed by atoms with Crippen LogP contribution in [0.25, 0.3) is 0 Å². The van der Waals surface area contributed by atoms with E-state index >= 15 is 0 Å². The van der Waals surface area contributed by atoms with Crippen molar-refractivity contribution < 1.29 is 19.1 Å². The molecular formula is C14H21N3O4. The largest absolute Gasteiger partial charge is 0.383 e. The van der Waals surface area contributed by atoms with Crippen LogP contribution in [0.5, 0.6) is 0 Å². The summed E-state index contributed by atoms with van der Waals surface area (Å²) in [5.74, 6) is 0. The Balaban J connectivity index is 2.65. The molecule has 0 atom stereocenters. The van der Waals surface area contributed by atoms with Crippen LogP contribution >= 0.6 is 0 Å². The van der Waals surface area contributed by atoms with Gasteiger partial charge in [-0.1, -0.05) is 6.07 Å². The third-order valence-electron chi connectivity index (χ3n) is 2.76. The van der Waals surface area contributed by atoms with Gasteiger partial charge in [0.25, 0.3) is 0 Å². The molecule has 0 fully saturated rings. The molecule has 0 aliphatic rings. The molecule has 21 heavy (non-hydrogen) atoms. The van der Waals surface area contributed by atoms with E-state index in [-0.39, 0.29) is 6.03 Å². The van der Waals surface area contributed by atoms with Crippen LogP contribution in [-0.2, 0) is 14.3 Å². The maximum atomic E-state index is 12.2. The molecule has 0 aliphatic heterocycles. The second kappa shape index (κ2) is 9.73. The highest BCUT2D eigenvalue weighted by Crippen LogP contribution is 2.15. The summed E-state index contributed by atoms with van der Waals surface area (Å²) < 4.78 is 9.98. The summed E-state index contributed by atoms with van der Waals surface area (Å²) in [5, 5.41) is 5.31. The Bertz CT molecular complexity index is 446. The number of carbonyl (C=O) groups is 2. The molecule has 0 aromatic heterocycles. The minimum Gasteiger partial charge on any atom is -0.383 e. The summed E-state index contributed by atoms with van der Waals surface area (Å²) in [7, 11) is 3.17. The van der Waals surface area contributed by atoms with Crippen LogP contribution in [0.4, 0.5) is 16.2 Å².